The number of hydrogen-bond acceptors (Lipinski definition) is 6. The highest BCUT2D eigenvalue weighted by Gasteiger charge is 2.09. The fourth-order valence-corrected chi connectivity index (χ4v) is 0.567. The van der Waals surface area contributed by atoms with E-state index >= 15 is 0 Å². The molecule has 0 saturated carbocycles. The van der Waals surface area contributed by atoms with Gasteiger partial charge in [0.05, 0.1) is 13.2 Å². The lowest BCUT2D eigenvalue weighted by Crippen LogP contribution is -2.34. The Hall–Kier alpha value is -1.22. The molecule has 0 rings (SSSR count). The molecule has 0 saturated heterocycles. The lowest BCUT2D eigenvalue weighted by atomic mass is 10.3. The molecule has 0 aliphatic rings. The van der Waals surface area contributed by atoms with Gasteiger partial charge < -0.3 is 31.2 Å². The maximum absolute atomic E-state index is 10.0. The van der Waals surface area contributed by atoms with Crippen molar-refractivity contribution < 1.29 is 29.3 Å². The van der Waals surface area contributed by atoms with Crippen molar-refractivity contribution in [1.82, 2.24) is 0 Å². The molecule has 0 amide bonds. The first-order valence-electron chi connectivity index (χ1n) is 4.90. The SMILES string of the molecule is CCOCC(N)C(=O)O.COCC(N)C(=O)O. The summed E-state index contributed by atoms with van der Waals surface area (Å²) in [6.07, 6.45) is 0. The molecule has 8 heteroatoms. The summed E-state index contributed by atoms with van der Waals surface area (Å²) in [6, 6.07) is -1.77. The van der Waals surface area contributed by atoms with Crippen LogP contribution in [-0.2, 0) is 19.1 Å². The second-order valence-electron chi connectivity index (χ2n) is 3.00. The number of carbonyl (C=O) groups is 2. The highest BCUT2D eigenvalue weighted by atomic mass is 16.5. The minimum absolute atomic E-state index is 0.0648. The topological polar surface area (TPSA) is 145 Å². The predicted molar refractivity (Wildman–Crippen MR) is 59.6 cm³/mol. The average molecular weight is 252 g/mol. The molecule has 0 aliphatic carbocycles. The van der Waals surface area contributed by atoms with Gasteiger partial charge in [-0.3, -0.25) is 9.59 Å². The van der Waals surface area contributed by atoms with E-state index in [2.05, 4.69) is 4.74 Å². The first-order valence-corrected chi connectivity index (χ1v) is 4.90. The third-order valence-corrected chi connectivity index (χ3v) is 1.48. The van der Waals surface area contributed by atoms with Crippen LogP contribution in [0.3, 0.4) is 0 Å². The van der Waals surface area contributed by atoms with Crippen molar-refractivity contribution in [3.63, 3.8) is 0 Å². The van der Waals surface area contributed by atoms with E-state index in [0.29, 0.717) is 6.61 Å². The Morgan fingerprint density at radius 2 is 1.53 bits per heavy atom. The number of nitrogens with two attached hydrogens (primary N) is 2. The highest BCUT2D eigenvalue weighted by Crippen LogP contribution is 1.80. The first kappa shape index (κ1) is 18.2. The molecule has 0 aromatic heterocycles. The molecular weight excluding hydrogens is 232 g/mol. The number of carboxylic acids is 2. The number of rotatable bonds is 7. The van der Waals surface area contributed by atoms with Crippen molar-refractivity contribution in [2.75, 3.05) is 26.9 Å². The van der Waals surface area contributed by atoms with Gasteiger partial charge in [-0.15, -0.1) is 0 Å². The van der Waals surface area contributed by atoms with Crippen LogP contribution >= 0.6 is 0 Å². The van der Waals surface area contributed by atoms with Gasteiger partial charge in [-0.2, -0.15) is 0 Å². The summed E-state index contributed by atoms with van der Waals surface area (Å²) < 4.78 is 9.21. The van der Waals surface area contributed by atoms with Crippen molar-refractivity contribution in [1.29, 1.82) is 0 Å². The van der Waals surface area contributed by atoms with Crippen LogP contribution in [0.1, 0.15) is 6.92 Å². The largest absolute Gasteiger partial charge is 0.480 e. The van der Waals surface area contributed by atoms with Crippen LogP contribution in [0.4, 0.5) is 0 Å². The van der Waals surface area contributed by atoms with Crippen molar-refractivity contribution in [2.45, 2.75) is 19.0 Å². The van der Waals surface area contributed by atoms with Crippen molar-refractivity contribution in [3.8, 4) is 0 Å². The maximum atomic E-state index is 10.0. The minimum atomic E-state index is -1.04. The maximum Gasteiger partial charge on any atom is 0.322 e. The predicted octanol–water partition coefficient (Wildman–Crippen LogP) is -1.52. The smallest absolute Gasteiger partial charge is 0.322 e. The molecule has 0 fully saturated rings. The van der Waals surface area contributed by atoms with Crippen molar-refractivity contribution in [3.05, 3.63) is 0 Å². The summed E-state index contributed by atoms with van der Waals surface area (Å²) >= 11 is 0. The molecule has 2 unspecified atom stereocenters. The lowest BCUT2D eigenvalue weighted by molar-refractivity contribution is -0.140. The van der Waals surface area contributed by atoms with Gasteiger partial charge in [-0.1, -0.05) is 0 Å². The molecule has 2 atom stereocenters. The number of hydrogen-bond donors (Lipinski definition) is 4. The Bertz CT molecular complexity index is 224. The van der Waals surface area contributed by atoms with Gasteiger partial charge in [0.25, 0.3) is 0 Å². The molecule has 8 nitrogen and oxygen atoms in total. The standard InChI is InChI=1S/C5H11NO3.C4H9NO3/c1-2-9-3-4(6)5(7)8;1-8-2-3(5)4(6)7/h4H,2-3,6H2,1H3,(H,7,8);3H,2,5H2,1H3,(H,6,7). The Morgan fingerprint density at radius 3 is 1.76 bits per heavy atom. The summed E-state index contributed by atoms with van der Waals surface area (Å²) in [5.74, 6) is -2.06. The molecule has 0 radical (unpaired) electrons. The van der Waals surface area contributed by atoms with E-state index in [4.69, 9.17) is 26.4 Å². The Balaban J connectivity index is 0. The molecule has 0 spiro atoms. The Morgan fingerprint density at radius 1 is 1.12 bits per heavy atom. The Labute approximate surface area is 99.5 Å². The van der Waals surface area contributed by atoms with Gasteiger partial charge >= 0.3 is 11.9 Å². The van der Waals surface area contributed by atoms with Crippen LogP contribution in [0.15, 0.2) is 0 Å². The first-order chi connectivity index (χ1) is 7.86. The summed E-state index contributed by atoms with van der Waals surface area (Å²) in [7, 11) is 1.41. The fraction of sp³-hybridized carbons (Fsp3) is 0.778. The quantitative estimate of drug-likeness (QED) is 0.427. The molecule has 0 bridgehead atoms. The zero-order chi connectivity index (χ0) is 13.8. The molecule has 0 aliphatic heterocycles. The minimum Gasteiger partial charge on any atom is -0.480 e. The van der Waals surface area contributed by atoms with Gasteiger partial charge in [-0.05, 0) is 6.92 Å². The van der Waals surface area contributed by atoms with Gasteiger partial charge in [-0.25, -0.2) is 0 Å². The van der Waals surface area contributed by atoms with Crippen LogP contribution in [0.2, 0.25) is 0 Å². The molecule has 0 heterocycles. The van der Waals surface area contributed by atoms with Gasteiger partial charge in [0, 0.05) is 13.7 Å². The van der Waals surface area contributed by atoms with Crippen molar-refractivity contribution >= 4 is 11.9 Å². The van der Waals surface area contributed by atoms with E-state index in [0.717, 1.165) is 0 Å². The van der Waals surface area contributed by atoms with Crippen LogP contribution in [0, 0.1) is 0 Å². The zero-order valence-electron chi connectivity index (χ0n) is 9.96. The van der Waals surface area contributed by atoms with Crippen molar-refractivity contribution in [2.24, 2.45) is 11.5 Å². The number of methoxy groups -OCH3 is 1. The molecule has 0 aromatic carbocycles. The molecular formula is C9H20N2O6. The monoisotopic (exact) mass is 252 g/mol. The third-order valence-electron chi connectivity index (χ3n) is 1.48. The number of ether oxygens (including phenoxy) is 2. The van der Waals surface area contributed by atoms with Gasteiger partial charge in [0.2, 0.25) is 0 Å². The van der Waals surface area contributed by atoms with E-state index in [1.54, 1.807) is 6.92 Å². The lowest BCUT2D eigenvalue weighted by Gasteiger charge is -2.03. The van der Waals surface area contributed by atoms with E-state index in [-0.39, 0.29) is 13.2 Å². The summed E-state index contributed by atoms with van der Waals surface area (Å²) in [6.45, 7) is 2.44. The normalized spacial score (nSPS) is 13.2. The third kappa shape index (κ3) is 12.7. The fourth-order valence-electron chi connectivity index (χ4n) is 0.567. The van der Waals surface area contributed by atoms with E-state index in [9.17, 15) is 9.59 Å². The van der Waals surface area contributed by atoms with Crippen LogP contribution in [0.25, 0.3) is 0 Å². The molecule has 0 aromatic rings. The Kier molecular flexibility index (Phi) is 12.0. The van der Waals surface area contributed by atoms with Crippen LogP contribution in [0.5, 0.6) is 0 Å². The van der Waals surface area contributed by atoms with E-state index < -0.39 is 24.0 Å². The second-order valence-corrected chi connectivity index (χ2v) is 3.00. The number of carboxylic acid groups (broad SMARTS) is 2. The second kappa shape index (κ2) is 11.3. The van der Waals surface area contributed by atoms with Gasteiger partial charge in [0.1, 0.15) is 12.1 Å². The van der Waals surface area contributed by atoms with E-state index in [1.165, 1.54) is 7.11 Å². The van der Waals surface area contributed by atoms with Crippen LogP contribution in [-0.4, -0.2) is 61.2 Å². The van der Waals surface area contributed by atoms with Crippen LogP contribution < -0.4 is 11.5 Å². The summed E-state index contributed by atoms with van der Waals surface area (Å²) in [5, 5.41) is 16.3. The molecule has 17 heavy (non-hydrogen) atoms. The number of aliphatic carboxylic acids is 2. The van der Waals surface area contributed by atoms with E-state index in [1.807, 2.05) is 0 Å². The van der Waals surface area contributed by atoms with Gasteiger partial charge in [0.15, 0.2) is 0 Å². The summed E-state index contributed by atoms with van der Waals surface area (Å²) in [5.41, 5.74) is 10.1. The highest BCUT2D eigenvalue weighted by molar-refractivity contribution is 5.73. The molecule has 102 valence electrons. The summed E-state index contributed by atoms with van der Waals surface area (Å²) in [4.78, 5) is 19.9. The average Bonchev–Trinajstić information content (AvgIpc) is 2.26. The molecule has 6 N–H and O–H groups in total. The zero-order valence-corrected chi connectivity index (χ0v) is 9.96.